The summed E-state index contributed by atoms with van der Waals surface area (Å²) in [4.78, 5) is 40.9. The van der Waals surface area contributed by atoms with Crippen molar-refractivity contribution < 1.29 is 43.9 Å². The monoisotopic (exact) mass is 644 g/mol. The Morgan fingerprint density at radius 3 is 2.36 bits per heavy atom. The van der Waals surface area contributed by atoms with Crippen LogP contribution in [0, 0.1) is 11.8 Å². The Balaban J connectivity index is 1.59. The molecule has 1 saturated heterocycles. The van der Waals surface area contributed by atoms with Gasteiger partial charge in [-0.15, -0.1) is 0 Å². The van der Waals surface area contributed by atoms with Crippen LogP contribution in [-0.2, 0) is 20.7 Å². The van der Waals surface area contributed by atoms with E-state index in [1.54, 1.807) is 6.08 Å². The zero-order chi connectivity index (χ0) is 34.3. The Morgan fingerprint density at radius 1 is 1.02 bits per heavy atom. The number of aliphatic hydroxyl groups is 1. The minimum atomic E-state index is -1.74. The first-order valence-electron chi connectivity index (χ1n) is 16.3. The number of phenolic OH excluding ortho intramolecular Hbond substituents is 1. The lowest BCUT2D eigenvalue weighted by molar-refractivity contribution is -0.171. The number of phenols is 1. The molecule has 0 aromatic heterocycles. The fourth-order valence-corrected chi connectivity index (χ4v) is 8.27. The number of ether oxygens (including phenoxy) is 3. The Bertz CT molecular complexity index is 1750. The Kier molecular flexibility index (Phi) is 7.76. The van der Waals surface area contributed by atoms with Crippen LogP contribution >= 0.6 is 0 Å². The highest BCUT2D eigenvalue weighted by atomic mass is 16.6. The number of hydrogen-bond acceptors (Lipinski definition) is 8. The van der Waals surface area contributed by atoms with Gasteiger partial charge < -0.3 is 29.5 Å². The summed E-state index contributed by atoms with van der Waals surface area (Å²) in [7, 11) is 0. The van der Waals surface area contributed by atoms with E-state index >= 15 is 0 Å². The van der Waals surface area contributed by atoms with Crippen molar-refractivity contribution in [2.75, 3.05) is 6.61 Å². The zero-order valence-electron chi connectivity index (χ0n) is 28.2. The number of benzene rings is 1. The predicted octanol–water partition coefficient (Wildman–Crippen LogP) is 6.21. The van der Waals surface area contributed by atoms with Gasteiger partial charge in [0.25, 0.3) is 0 Å². The lowest BCUT2D eigenvalue weighted by Crippen LogP contribution is -2.72. The number of Topliss-reactive ketones (excluding diaryl/α,β-unsaturated/α-hetero) is 2. The van der Waals surface area contributed by atoms with Gasteiger partial charge in [0.15, 0.2) is 22.8 Å². The second-order valence-electron chi connectivity index (χ2n) is 14.8. The maximum Gasteiger partial charge on any atom is 0.333 e. The number of hydrogen-bond donors (Lipinski definition) is 3. The van der Waals surface area contributed by atoms with Gasteiger partial charge in [0.2, 0.25) is 0 Å². The van der Waals surface area contributed by atoms with Crippen LogP contribution in [0.2, 0.25) is 0 Å². The van der Waals surface area contributed by atoms with Crippen LogP contribution in [0.25, 0.3) is 6.08 Å². The molecular formula is C38H44O9. The number of carboxylic acids is 1. The second-order valence-corrected chi connectivity index (χ2v) is 14.8. The molecule has 4 bridgehead atoms. The molecule has 250 valence electrons. The van der Waals surface area contributed by atoms with Crippen LogP contribution in [0.4, 0.5) is 0 Å². The average molecular weight is 645 g/mol. The fourth-order valence-electron chi connectivity index (χ4n) is 8.27. The number of aromatic hydroxyl groups is 1. The summed E-state index contributed by atoms with van der Waals surface area (Å²) in [6, 6.07) is 0. The number of rotatable bonds is 9. The van der Waals surface area contributed by atoms with Crippen LogP contribution in [-0.4, -0.2) is 61.9 Å². The quantitative estimate of drug-likeness (QED) is 0.211. The van der Waals surface area contributed by atoms with Crippen LogP contribution in [0.5, 0.6) is 17.2 Å². The molecule has 3 aliphatic heterocycles. The lowest BCUT2D eigenvalue weighted by atomic mass is 9.51. The first-order valence-corrected chi connectivity index (χ1v) is 16.3. The Labute approximate surface area is 275 Å². The molecule has 6 aliphatic rings. The summed E-state index contributed by atoms with van der Waals surface area (Å²) in [5.74, 6) is -2.84. The zero-order valence-corrected chi connectivity index (χ0v) is 28.2. The first kappa shape index (κ1) is 33.0. The van der Waals surface area contributed by atoms with Crippen LogP contribution in [0.3, 0.4) is 0 Å². The van der Waals surface area contributed by atoms with Crippen LogP contribution in [0.1, 0.15) is 95.6 Å². The van der Waals surface area contributed by atoms with E-state index in [1.807, 2.05) is 66.7 Å². The van der Waals surface area contributed by atoms with Crippen molar-refractivity contribution in [2.24, 2.45) is 11.8 Å². The molecule has 3 heterocycles. The van der Waals surface area contributed by atoms with E-state index in [0.717, 1.165) is 12.0 Å². The van der Waals surface area contributed by atoms with Gasteiger partial charge in [-0.2, -0.15) is 0 Å². The minimum Gasteiger partial charge on any atom is -0.506 e. The summed E-state index contributed by atoms with van der Waals surface area (Å²) in [6.07, 6.45) is 12.8. The highest BCUT2D eigenvalue weighted by molar-refractivity contribution is 6.19. The molecule has 5 atom stereocenters. The van der Waals surface area contributed by atoms with Crippen LogP contribution < -0.4 is 9.47 Å². The molecule has 0 radical (unpaired) electrons. The summed E-state index contributed by atoms with van der Waals surface area (Å²) in [5.41, 5.74) is -1.79. The van der Waals surface area contributed by atoms with E-state index in [-0.39, 0.29) is 40.4 Å². The maximum atomic E-state index is 14.7. The highest BCUT2D eigenvalue weighted by Crippen LogP contribution is 2.68. The SMILES string of the molecule is CC(C)=CCC[C@]1(C)C=Cc2c(O)c3c(c(CC=C(C)C)c2O1)O[C@]12C(=C[C@@H]4C[C@H]1C(C)(C)O[C@@]2(CC=C(CO)C(=O)O)C4=O)C3=O. The van der Waals surface area contributed by atoms with Crippen molar-refractivity contribution in [3.05, 3.63) is 69.4 Å². The molecule has 1 aromatic carbocycles. The van der Waals surface area contributed by atoms with Crippen molar-refractivity contribution in [3.63, 3.8) is 0 Å². The Morgan fingerprint density at radius 2 is 1.72 bits per heavy atom. The number of allylic oxidation sites excluding steroid dienone is 5. The molecule has 1 aromatic rings. The molecule has 7 rings (SSSR count). The van der Waals surface area contributed by atoms with Crippen molar-refractivity contribution in [1.29, 1.82) is 0 Å². The van der Waals surface area contributed by atoms with Gasteiger partial charge in [-0.3, -0.25) is 9.59 Å². The third kappa shape index (κ3) is 4.76. The molecule has 47 heavy (non-hydrogen) atoms. The normalized spacial score (nSPS) is 30.8. The van der Waals surface area contributed by atoms with E-state index in [0.29, 0.717) is 36.1 Å². The van der Waals surface area contributed by atoms with E-state index in [9.17, 15) is 29.7 Å². The third-order valence-corrected chi connectivity index (χ3v) is 10.5. The predicted molar refractivity (Wildman–Crippen MR) is 176 cm³/mol. The van der Waals surface area contributed by atoms with Gasteiger partial charge in [-0.1, -0.05) is 35.5 Å². The molecule has 0 amide bonds. The summed E-state index contributed by atoms with van der Waals surface area (Å²) in [6.45, 7) is 13.0. The van der Waals surface area contributed by atoms with Crippen molar-refractivity contribution >= 4 is 23.6 Å². The molecule has 1 saturated carbocycles. The van der Waals surface area contributed by atoms with Gasteiger partial charge in [-0.25, -0.2) is 4.79 Å². The summed E-state index contributed by atoms with van der Waals surface area (Å²) in [5, 5.41) is 31.2. The van der Waals surface area contributed by atoms with E-state index in [2.05, 4.69) is 6.08 Å². The number of aliphatic carboxylic acids is 1. The molecule has 9 heteroatoms. The highest BCUT2D eigenvalue weighted by Gasteiger charge is 2.81. The van der Waals surface area contributed by atoms with E-state index in [4.69, 9.17) is 14.2 Å². The topological polar surface area (TPSA) is 140 Å². The maximum absolute atomic E-state index is 14.7. The first-order chi connectivity index (χ1) is 22.0. The molecule has 2 fully saturated rings. The molecule has 3 aliphatic carbocycles. The molecule has 0 unspecified atom stereocenters. The number of fused-ring (bicyclic) bond motifs is 2. The van der Waals surface area contributed by atoms with Gasteiger partial charge in [0, 0.05) is 29.4 Å². The van der Waals surface area contributed by atoms with Crippen LogP contribution in [0.15, 0.2) is 52.7 Å². The molecule has 9 nitrogen and oxygen atoms in total. The molecule has 3 N–H and O–H groups in total. The van der Waals surface area contributed by atoms with E-state index in [1.165, 1.54) is 11.6 Å². The average Bonchev–Trinajstić information content (AvgIpc) is 3.13. The van der Waals surface area contributed by atoms with Crippen molar-refractivity contribution in [1.82, 2.24) is 0 Å². The number of ketones is 2. The largest absolute Gasteiger partial charge is 0.506 e. The molecular weight excluding hydrogens is 600 g/mol. The summed E-state index contributed by atoms with van der Waals surface area (Å²) < 4.78 is 20.5. The van der Waals surface area contributed by atoms with Gasteiger partial charge >= 0.3 is 5.97 Å². The molecule has 1 spiro atoms. The Hall–Kier alpha value is -3.95. The second kappa shape index (κ2) is 11.1. The third-order valence-electron chi connectivity index (χ3n) is 10.5. The number of carboxylic acid groups (broad SMARTS) is 1. The van der Waals surface area contributed by atoms with E-state index < -0.39 is 52.6 Å². The van der Waals surface area contributed by atoms with Crippen molar-refractivity contribution in [3.8, 4) is 17.2 Å². The van der Waals surface area contributed by atoms with Crippen molar-refractivity contribution in [2.45, 2.75) is 103 Å². The van der Waals surface area contributed by atoms with Gasteiger partial charge in [0.05, 0.1) is 23.3 Å². The number of carbonyl (C=O) groups is 3. The number of carbonyl (C=O) groups excluding carboxylic acids is 2. The lowest BCUT2D eigenvalue weighted by Gasteiger charge is -2.56. The minimum absolute atomic E-state index is 0.0173. The standard InChI is InChI=1S/C38H44O9/c1-20(2)9-8-14-36(7)15-13-24-29(40)28-30(41)26-17-23-18-27-35(5,6)47-37(33(23)42,16-12-22(19-39)34(43)44)38(26,27)46-32(28)25(31(24)45-36)11-10-21(3)4/h9-10,12-13,15,17,23,27,39-40H,8,11,14,16,18-19H2,1-7H3,(H,43,44)/t23-,27+,36-,37+,38-/m1/s1. The smallest absolute Gasteiger partial charge is 0.333 e. The van der Waals surface area contributed by atoms with Gasteiger partial charge in [-0.05, 0) is 86.3 Å². The fraction of sp³-hybridized carbons (Fsp3) is 0.500. The van der Waals surface area contributed by atoms with Gasteiger partial charge in [0.1, 0.15) is 28.4 Å². The number of aliphatic hydroxyl groups excluding tert-OH is 1. The summed E-state index contributed by atoms with van der Waals surface area (Å²) >= 11 is 0.